The summed E-state index contributed by atoms with van der Waals surface area (Å²) in [4.78, 5) is 12.6. The number of aliphatic hydroxyl groups is 1. The lowest BCUT2D eigenvalue weighted by Crippen LogP contribution is -2.53. The molecule has 5 rings (SSSR count). The molecule has 0 aromatic carbocycles. The first-order valence-electron chi connectivity index (χ1n) is 17.7. The topological polar surface area (TPSA) is 57.5 Å². The lowest BCUT2D eigenvalue weighted by Gasteiger charge is -2.58. The Kier molecular flexibility index (Phi) is 9.11. The Hall–Kier alpha value is -1.61. The minimum atomic E-state index is -0.625. The number of carboxylic acids is 1. The standard InChI is InChI=1S/C40H62O3/c1-26-12-9-13-30(27(2)14-17-32-28(3)15-18-34-37(5,25-41)20-10-21-38(32,34)6)31(26)24-33-29(4)16-19-35-39(33,7)22-11-23-40(35,8)36(42)43/h12,14,30-35,41H,3-4,9-11,13,15-25H2,1-2,5-8H3,(H,42,43). The van der Waals surface area contributed by atoms with E-state index in [1.165, 1.54) is 42.4 Å². The monoisotopic (exact) mass is 590 g/mol. The quantitative estimate of drug-likeness (QED) is 0.290. The number of aliphatic hydroxyl groups excluding tert-OH is 1. The van der Waals surface area contributed by atoms with Crippen LogP contribution in [0.15, 0.2) is 47.6 Å². The van der Waals surface area contributed by atoms with Gasteiger partial charge in [0.1, 0.15) is 0 Å². The fraction of sp³-hybridized carbons (Fsp3) is 0.775. The van der Waals surface area contributed by atoms with Crippen molar-refractivity contribution < 1.29 is 15.0 Å². The van der Waals surface area contributed by atoms with Gasteiger partial charge in [0.2, 0.25) is 0 Å². The smallest absolute Gasteiger partial charge is 0.309 e. The maximum atomic E-state index is 12.6. The van der Waals surface area contributed by atoms with Gasteiger partial charge in [-0.15, -0.1) is 0 Å². The Morgan fingerprint density at radius 2 is 1.53 bits per heavy atom. The molecule has 0 aromatic rings. The average molecular weight is 591 g/mol. The van der Waals surface area contributed by atoms with Crippen molar-refractivity contribution in [2.45, 2.75) is 131 Å². The van der Waals surface area contributed by atoms with Crippen LogP contribution in [0.5, 0.6) is 0 Å². The predicted molar refractivity (Wildman–Crippen MR) is 179 cm³/mol. The molecule has 5 aliphatic rings. The molecule has 0 saturated heterocycles. The van der Waals surface area contributed by atoms with Crippen molar-refractivity contribution in [3.8, 4) is 0 Å². The van der Waals surface area contributed by atoms with Gasteiger partial charge >= 0.3 is 5.97 Å². The van der Waals surface area contributed by atoms with E-state index in [0.717, 1.165) is 64.2 Å². The average Bonchev–Trinajstić information content (AvgIpc) is 2.94. The number of hydrogen-bond donors (Lipinski definition) is 2. The minimum Gasteiger partial charge on any atom is -0.481 e. The number of carbonyl (C=O) groups is 1. The third-order valence-electron chi connectivity index (χ3n) is 14.8. The number of aliphatic carboxylic acids is 1. The van der Waals surface area contributed by atoms with Crippen molar-refractivity contribution in [3.63, 3.8) is 0 Å². The van der Waals surface area contributed by atoms with Gasteiger partial charge in [0.15, 0.2) is 0 Å². The molecule has 5 aliphatic carbocycles. The molecular formula is C40H62O3. The molecule has 43 heavy (non-hydrogen) atoms. The second-order valence-corrected chi connectivity index (χ2v) is 17.0. The van der Waals surface area contributed by atoms with Crippen LogP contribution in [-0.4, -0.2) is 22.8 Å². The Labute approximate surface area is 263 Å². The van der Waals surface area contributed by atoms with Crippen molar-refractivity contribution in [2.24, 2.45) is 57.2 Å². The molecule has 3 heteroatoms. The van der Waals surface area contributed by atoms with Crippen molar-refractivity contribution in [1.29, 1.82) is 0 Å². The zero-order chi connectivity index (χ0) is 31.4. The first-order chi connectivity index (χ1) is 20.2. The van der Waals surface area contributed by atoms with Crippen LogP contribution in [-0.2, 0) is 4.79 Å². The zero-order valence-corrected chi connectivity index (χ0v) is 28.4. The molecule has 4 saturated carbocycles. The highest BCUT2D eigenvalue weighted by Crippen LogP contribution is 2.64. The van der Waals surface area contributed by atoms with Crippen LogP contribution >= 0.6 is 0 Å². The zero-order valence-electron chi connectivity index (χ0n) is 28.4. The molecule has 0 heterocycles. The maximum absolute atomic E-state index is 12.6. The summed E-state index contributed by atoms with van der Waals surface area (Å²) in [6, 6.07) is 0. The van der Waals surface area contributed by atoms with Crippen LogP contribution in [0.4, 0.5) is 0 Å². The summed E-state index contributed by atoms with van der Waals surface area (Å²) >= 11 is 0. The Morgan fingerprint density at radius 3 is 2.19 bits per heavy atom. The molecule has 0 bridgehead atoms. The molecule has 240 valence electrons. The number of allylic oxidation sites excluding steroid dienone is 6. The molecule has 0 radical (unpaired) electrons. The normalized spacial score (nSPS) is 45.7. The molecule has 4 fully saturated rings. The molecular weight excluding hydrogens is 528 g/mol. The molecule has 0 spiro atoms. The van der Waals surface area contributed by atoms with Crippen molar-refractivity contribution >= 4 is 5.97 Å². The largest absolute Gasteiger partial charge is 0.481 e. The van der Waals surface area contributed by atoms with Crippen LogP contribution in [0.3, 0.4) is 0 Å². The van der Waals surface area contributed by atoms with E-state index in [1.54, 1.807) is 5.57 Å². The van der Waals surface area contributed by atoms with E-state index in [2.05, 4.69) is 59.9 Å². The van der Waals surface area contributed by atoms with Crippen LogP contribution in [0, 0.1) is 57.2 Å². The van der Waals surface area contributed by atoms with Gasteiger partial charge in [0.05, 0.1) is 5.41 Å². The molecule has 10 atom stereocenters. The Bertz CT molecular complexity index is 1180. The molecule has 10 unspecified atom stereocenters. The number of fused-ring (bicyclic) bond motifs is 2. The summed E-state index contributed by atoms with van der Waals surface area (Å²) in [5.74, 6) is 2.07. The number of carboxylic acid groups (broad SMARTS) is 1. The van der Waals surface area contributed by atoms with Crippen LogP contribution in [0.1, 0.15) is 131 Å². The highest BCUT2D eigenvalue weighted by molar-refractivity contribution is 5.75. The van der Waals surface area contributed by atoms with E-state index in [1.807, 2.05) is 6.92 Å². The van der Waals surface area contributed by atoms with Gasteiger partial charge in [-0.05, 0) is 150 Å². The summed E-state index contributed by atoms with van der Waals surface area (Å²) in [6.07, 6.45) is 20.3. The van der Waals surface area contributed by atoms with Crippen molar-refractivity contribution in [2.75, 3.05) is 6.61 Å². The molecule has 0 aliphatic heterocycles. The molecule has 0 aromatic heterocycles. The van der Waals surface area contributed by atoms with Gasteiger partial charge in [-0.2, -0.15) is 0 Å². The van der Waals surface area contributed by atoms with Gasteiger partial charge < -0.3 is 10.2 Å². The first-order valence-corrected chi connectivity index (χ1v) is 17.7. The summed E-state index contributed by atoms with van der Waals surface area (Å²) in [7, 11) is 0. The van der Waals surface area contributed by atoms with Crippen LogP contribution in [0.25, 0.3) is 0 Å². The highest BCUT2D eigenvalue weighted by atomic mass is 16.4. The van der Waals surface area contributed by atoms with E-state index in [4.69, 9.17) is 0 Å². The Morgan fingerprint density at radius 1 is 0.930 bits per heavy atom. The number of hydrogen-bond acceptors (Lipinski definition) is 2. The molecule has 2 N–H and O–H groups in total. The summed E-state index contributed by atoms with van der Waals surface area (Å²) in [5.41, 5.74) is 5.49. The second kappa shape index (κ2) is 12.0. The van der Waals surface area contributed by atoms with Gasteiger partial charge in [0, 0.05) is 6.61 Å². The van der Waals surface area contributed by atoms with E-state index in [0.29, 0.717) is 36.2 Å². The molecule has 0 amide bonds. The summed E-state index contributed by atoms with van der Waals surface area (Å²) in [6.45, 7) is 23.6. The van der Waals surface area contributed by atoms with E-state index in [9.17, 15) is 15.0 Å². The van der Waals surface area contributed by atoms with Gasteiger partial charge in [0.25, 0.3) is 0 Å². The fourth-order valence-electron chi connectivity index (χ4n) is 12.1. The summed E-state index contributed by atoms with van der Waals surface area (Å²) in [5, 5.41) is 20.8. The van der Waals surface area contributed by atoms with Gasteiger partial charge in [-0.1, -0.05) is 81.2 Å². The highest BCUT2D eigenvalue weighted by Gasteiger charge is 2.58. The maximum Gasteiger partial charge on any atom is 0.309 e. The lowest BCUT2D eigenvalue weighted by atomic mass is 9.46. The van der Waals surface area contributed by atoms with Crippen molar-refractivity contribution in [3.05, 3.63) is 47.6 Å². The van der Waals surface area contributed by atoms with Gasteiger partial charge in [-0.3, -0.25) is 4.79 Å². The lowest BCUT2D eigenvalue weighted by molar-refractivity contribution is -0.164. The first kappa shape index (κ1) is 32.8. The molecule has 3 nitrogen and oxygen atoms in total. The second-order valence-electron chi connectivity index (χ2n) is 17.0. The third kappa shape index (κ3) is 5.46. The summed E-state index contributed by atoms with van der Waals surface area (Å²) < 4.78 is 0. The minimum absolute atomic E-state index is 0.00437. The number of rotatable bonds is 7. The van der Waals surface area contributed by atoms with E-state index >= 15 is 0 Å². The van der Waals surface area contributed by atoms with E-state index in [-0.39, 0.29) is 22.2 Å². The van der Waals surface area contributed by atoms with E-state index < -0.39 is 11.4 Å². The van der Waals surface area contributed by atoms with Crippen molar-refractivity contribution in [1.82, 2.24) is 0 Å². The predicted octanol–water partition coefficient (Wildman–Crippen LogP) is 10.3. The SMILES string of the molecule is C=C1CCC2C(C)(CO)CCCC2(C)C1CC=C(C)C1CCC=C(C)C1CC1C(=C)CCC2C(C)(C(=O)O)CCCC12C. The van der Waals surface area contributed by atoms with Crippen LogP contribution < -0.4 is 0 Å². The van der Waals surface area contributed by atoms with Crippen LogP contribution in [0.2, 0.25) is 0 Å². The third-order valence-corrected chi connectivity index (χ3v) is 14.8. The fourth-order valence-corrected chi connectivity index (χ4v) is 12.1. The Balaban J connectivity index is 1.39. The van der Waals surface area contributed by atoms with Gasteiger partial charge in [-0.25, -0.2) is 0 Å².